The van der Waals surface area contributed by atoms with Gasteiger partial charge in [-0.1, -0.05) is 89.0 Å². The fraction of sp³-hybridized carbons (Fsp3) is 0.0952. The smallest absolute Gasteiger partial charge is 0.253 e. The highest BCUT2D eigenvalue weighted by atomic mass is 35.6. The Kier molecular flexibility index (Phi) is 5.48. The van der Waals surface area contributed by atoms with Crippen molar-refractivity contribution < 1.29 is 4.79 Å². The van der Waals surface area contributed by atoms with E-state index >= 15 is 0 Å². The van der Waals surface area contributed by atoms with Gasteiger partial charge >= 0.3 is 0 Å². The number of para-hydroxylation sites is 2. The Hall–Kier alpha value is -1.85. The maximum absolute atomic E-state index is 12.8. The first-order chi connectivity index (χ1) is 13.4. The van der Waals surface area contributed by atoms with E-state index < -0.39 is 9.96 Å². The predicted octanol–water partition coefficient (Wildman–Crippen LogP) is 6.42. The zero-order valence-electron chi connectivity index (χ0n) is 14.5. The minimum atomic E-state index is -1.77. The van der Waals surface area contributed by atoms with Gasteiger partial charge in [-0.2, -0.15) is 0 Å². The Morgan fingerprint density at radius 3 is 1.86 bits per heavy atom. The van der Waals surface area contributed by atoms with Crippen LogP contribution in [0.5, 0.6) is 0 Å². The van der Waals surface area contributed by atoms with Crippen molar-refractivity contribution in [2.45, 2.75) is 19.7 Å². The van der Waals surface area contributed by atoms with Crippen molar-refractivity contribution in [1.82, 2.24) is 5.32 Å². The van der Waals surface area contributed by atoms with Gasteiger partial charge in [-0.15, -0.1) is 0 Å². The highest BCUT2D eigenvalue weighted by molar-refractivity contribution is 7.99. The van der Waals surface area contributed by atoms with E-state index in [0.717, 1.165) is 21.2 Å². The molecule has 1 aliphatic rings. The second-order valence-corrected chi connectivity index (χ2v) is 9.64. The van der Waals surface area contributed by atoms with E-state index in [4.69, 9.17) is 34.8 Å². The summed E-state index contributed by atoms with van der Waals surface area (Å²) in [5.41, 5.74) is 2.24. The molecule has 0 fully saturated rings. The second kappa shape index (κ2) is 7.88. The Morgan fingerprint density at radius 1 is 0.821 bits per heavy atom. The lowest BCUT2D eigenvalue weighted by Gasteiger charge is -2.41. The molecule has 0 saturated heterocycles. The molecule has 7 heteroatoms. The Bertz CT molecular complexity index is 962. The monoisotopic (exact) mass is 448 g/mol. The normalized spacial score (nSPS) is 14.0. The zero-order valence-corrected chi connectivity index (χ0v) is 17.6. The molecule has 28 heavy (non-hydrogen) atoms. The summed E-state index contributed by atoms with van der Waals surface area (Å²) in [6, 6.07) is 24.6. The highest BCUT2D eigenvalue weighted by Crippen LogP contribution is 2.51. The Balaban J connectivity index is 1.80. The molecule has 1 amide bonds. The Morgan fingerprint density at radius 2 is 1.32 bits per heavy atom. The van der Waals surface area contributed by atoms with E-state index in [1.807, 2.05) is 59.5 Å². The van der Waals surface area contributed by atoms with Crippen LogP contribution < -0.4 is 10.2 Å². The van der Waals surface area contributed by atoms with Crippen LogP contribution in [0.4, 0.5) is 11.4 Å². The van der Waals surface area contributed by atoms with Crippen molar-refractivity contribution >= 4 is 63.8 Å². The number of anilines is 2. The van der Waals surface area contributed by atoms with E-state index in [9.17, 15) is 4.79 Å². The van der Waals surface area contributed by atoms with Crippen LogP contribution in [0.15, 0.2) is 88.7 Å². The molecule has 3 nitrogen and oxygen atoms in total. The van der Waals surface area contributed by atoms with Crippen molar-refractivity contribution in [3.05, 3.63) is 84.4 Å². The van der Waals surface area contributed by atoms with E-state index in [0.29, 0.717) is 5.56 Å². The number of fused-ring (bicyclic) bond motifs is 2. The summed E-state index contributed by atoms with van der Waals surface area (Å²) in [4.78, 5) is 16.8. The molecule has 0 aromatic heterocycles. The molecular weight excluding hydrogens is 435 g/mol. The van der Waals surface area contributed by atoms with Gasteiger partial charge in [0.2, 0.25) is 3.79 Å². The summed E-state index contributed by atoms with van der Waals surface area (Å²) in [5, 5.41) is 2.91. The van der Waals surface area contributed by atoms with Crippen LogP contribution in [0.25, 0.3) is 0 Å². The SMILES string of the molecule is O=C(N[C@H](N1c2ccccc2Sc2ccccc21)C(Cl)(Cl)Cl)c1ccccc1. The molecule has 0 unspecified atom stereocenters. The molecule has 0 bridgehead atoms. The summed E-state index contributed by atoms with van der Waals surface area (Å²) >= 11 is 20.7. The van der Waals surface area contributed by atoms with Crippen LogP contribution in [0.1, 0.15) is 10.4 Å². The third-order valence-electron chi connectivity index (χ3n) is 4.34. The van der Waals surface area contributed by atoms with E-state index in [1.54, 1.807) is 36.0 Å². The van der Waals surface area contributed by atoms with Crippen molar-refractivity contribution in [2.24, 2.45) is 0 Å². The minimum Gasteiger partial charge on any atom is -0.328 e. The molecule has 0 radical (unpaired) electrons. The standard InChI is InChI=1S/C21H15Cl3N2OS/c22-21(23,24)20(25-19(27)14-8-2-1-3-9-14)26-15-10-4-6-12-17(15)28-18-13-7-5-11-16(18)26/h1-13,20H,(H,25,27)/t20-/m1/s1. The van der Waals surface area contributed by atoms with Crippen molar-refractivity contribution in [1.29, 1.82) is 0 Å². The number of carbonyl (C=O) groups is 1. The quantitative estimate of drug-likeness (QED) is 0.469. The summed E-state index contributed by atoms with van der Waals surface area (Å²) in [6.45, 7) is 0. The molecule has 3 aromatic carbocycles. The van der Waals surface area contributed by atoms with Gasteiger partial charge in [-0.25, -0.2) is 0 Å². The van der Waals surface area contributed by atoms with Crippen molar-refractivity contribution in [2.75, 3.05) is 4.90 Å². The number of alkyl halides is 3. The number of hydrogen-bond acceptors (Lipinski definition) is 3. The van der Waals surface area contributed by atoms with Gasteiger partial charge in [-0.3, -0.25) is 4.79 Å². The number of nitrogens with one attached hydrogen (secondary N) is 1. The number of benzene rings is 3. The molecule has 1 aliphatic heterocycles. The molecule has 1 heterocycles. The average Bonchev–Trinajstić information content (AvgIpc) is 2.70. The molecule has 0 spiro atoms. The van der Waals surface area contributed by atoms with Gasteiger partial charge in [-0.05, 0) is 36.4 Å². The van der Waals surface area contributed by atoms with Gasteiger partial charge in [0.05, 0.1) is 11.4 Å². The first-order valence-electron chi connectivity index (χ1n) is 8.53. The topological polar surface area (TPSA) is 32.3 Å². The number of rotatable bonds is 3. The van der Waals surface area contributed by atoms with Crippen LogP contribution in [-0.4, -0.2) is 15.9 Å². The van der Waals surface area contributed by atoms with Gasteiger partial charge in [0, 0.05) is 15.4 Å². The molecule has 142 valence electrons. The first-order valence-corrected chi connectivity index (χ1v) is 10.5. The zero-order chi connectivity index (χ0) is 19.7. The van der Waals surface area contributed by atoms with Crippen LogP contribution in [0.3, 0.4) is 0 Å². The maximum Gasteiger partial charge on any atom is 0.253 e. The lowest BCUT2D eigenvalue weighted by atomic mass is 10.2. The lowest BCUT2D eigenvalue weighted by molar-refractivity contribution is 0.0938. The van der Waals surface area contributed by atoms with Crippen LogP contribution in [0.2, 0.25) is 0 Å². The number of hydrogen-bond donors (Lipinski definition) is 1. The Labute approximate surface area is 182 Å². The number of amides is 1. The summed E-state index contributed by atoms with van der Waals surface area (Å²) in [7, 11) is 0. The first kappa shape index (κ1) is 19.5. The minimum absolute atomic E-state index is 0.315. The summed E-state index contributed by atoms with van der Waals surface area (Å²) in [6.07, 6.45) is -0.909. The molecule has 4 rings (SSSR count). The summed E-state index contributed by atoms with van der Waals surface area (Å²) < 4.78 is -1.77. The van der Waals surface area contributed by atoms with Crippen molar-refractivity contribution in [3.63, 3.8) is 0 Å². The van der Waals surface area contributed by atoms with Crippen molar-refractivity contribution in [3.8, 4) is 0 Å². The molecule has 0 aliphatic carbocycles. The largest absolute Gasteiger partial charge is 0.328 e. The van der Waals surface area contributed by atoms with Crippen LogP contribution >= 0.6 is 46.6 Å². The van der Waals surface area contributed by atoms with E-state index in [-0.39, 0.29) is 5.91 Å². The van der Waals surface area contributed by atoms with Gasteiger partial charge in [0.25, 0.3) is 5.91 Å². The third-order valence-corrected chi connectivity index (χ3v) is 6.09. The molecule has 1 N–H and O–H groups in total. The molecule has 3 aromatic rings. The summed E-state index contributed by atoms with van der Waals surface area (Å²) in [5.74, 6) is -0.315. The number of nitrogens with zero attached hydrogens (tertiary/aromatic N) is 1. The van der Waals surface area contributed by atoms with Gasteiger partial charge < -0.3 is 10.2 Å². The number of halogens is 3. The van der Waals surface area contributed by atoms with E-state index in [2.05, 4.69) is 5.32 Å². The predicted molar refractivity (Wildman–Crippen MR) is 117 cm³/mol. The second-order valence-electron chi connectivity index (χ2n) is 6.19. The lowest BCUT2D eigenvalue weighted by Crippen LogP contribution is -2.54. The highest BCUT2D eigenvalue weighted by Gasteiger charge is 2.42. The fourth-order valence-electron chi connectivity index (χ4n) is 3.10. The van der Waals surface area contributed by atoms with Gasteiger partial charge in [0.15, 0.2) is 6.17 Å². The maximum atomic E-state index is 12.8. The molecule has 0 saturated carbocycles. The average molecular weight is 450 g/mol. The molecular formula is C21H15Cl3N2OS. The third kappa shape index (κ3) is 3.83. The van der Waals surface area contributed by atoms with Crippen LogP contribution in [0, 0.1) is 0 Å². The fourth-order valence-corrected chi connectivity index (χ4v) is 4.63. The van der Waals surface area contributed by atoms with E-state index in [1.165, 1.54) is 0 Å². The molecule has 1 atom stereocenters. The van der Waals surface area contributed by atoms with Gasteiger partial charge in [0.1, 0.15) is 0 Å². The number of carbonyl (C=O) groups excluding carboxylic acids is 1. The van der Waals surface area contributed by atoms with Crippen LogP contribution in [-0.2, 0) is 0 Å².